The lowest BCUT2D eigenvalue weighted by Gasteiger charge is -2.23. The third-order valence-corrected chi connectivity index (χ3v) is 4.13. The van der Waals surface area contributed by atoms with Gasteiger partial charge in [0.15, 0.2) is 0 Å². The van der Waals surface area contributed by atoms with Gasteiger partial charge in [0.25, 0.3) is 0 Å². The highest BCUT2D eigenvalue weighted by Crippen LogP contribution is 2.24. The number of hydrogen-bond acceptors (Lipinski definition) is 5. The smallest absolute Gasteiger partial charge is 0.319 e. The summed E-state index contributed by atoms with van der Waals surface area (Å²) in [5.41, 5.74) is 0.145. The highest BCUT2D eigenvalue weighted by Gasteiger charge is 2.16. The molecule has 1 aromatic carbocycles. The Hall–Kier alpha value is -1.39. The van der Waals surface area contributed by atoms with Crippen molar-refractivity contribution in [2.45, 2.75) is 11.0 Å². The molecule has 22 heavy (non-hydrogen) atoms. The average Bonchev–Trinajstić information content (AvgIpc) is 2.47. The zero-order valence-electron chi connectivity index (χ0n) is 11.5. The fourth-order valence-corrected chi connectivity index (χ4v) is 2.51. The van der Waals surface area contributed by atoms with Crippen molar-refractivity contribution >= 4 is 33.3 Å². The highest BCUT2D eigenvalue weighted by atomic mass is 35.5. The van der Waals surface area contributed by atoms with Gasteiger partial charge in [0.2, 0.25) is 10.0 Å². The Bertz CT molecular complexity index is 646. The number of sulfonamides is 1. The molecule has 2 rings (SSSR count). The predicted octanol–water partition coefficient (Wildman–Crippen LogP) is 0.524. The molecule has 0 aliphatic carbocycles. The van der Waals surface area contributed by atoms with E-state index in [1.807, 2.05) is 0 Å². The molecule has 1 heterocycles. The van der Waals surface area contributed by atoms with Crippen LogP contribution >= 0.6 is 11.6 Å². The number of rotatable bonds is 4. The number of carbonyl (C=O) groups is 1. The second kappa shape index (κ2) is 7.25. The minimum atomic E-state index is -3.87. The molecular formula is C12H16ClN3O5S. The van der Waals surface area contributed by atoms with Crippen molar-refractivity contribution in [3.05, 3.63) is 23.2 Å². The number of carbonyl (C=O) groups excluding carboxylic acids is 1. The molecule has 0 spiro atoms. The first kappa shape index (κ1) is 17.0. The number of ether oxygens (including phenoxy) is 2. The predicted molar refractivity (Wildman–Crippen MR) is 80.4 cm³/mol. The molecule has 8 nitrogen and oxygen atoms in total. The standard InChI is InChI=1S/C12H16ClN3O5S/c13-10-2-1-9(22(14,18)19)5-11(10)16-12(17)15-6-8-7-20-3-4-21-8/h1-2,5,8H,3-4,6-7H2,(H2,14,18,19)(H2,15,16,17)/t8-/m1/s1. The van der Waals surface area contributed by atoms with Gasteiger partial charge in [0.1, 0.15) is 0 Å². The van der Waals surface area contributed by atoms with Gasteiger partial charge < -0.3 is 20.1 Å². The third-order valence-electron chi connectivity index (χ3n) is 2.89. The molecule has 1 aromatic rings. The number of nitrogens with two attached hydrogens (primary N) is 1. The van der Waals surface area contributed by atoms with E-state index in [9.17, 15) is 13.2 Å². The molecule has 0 saturated carbocycles. The van der Waals surface area contributed by atoms with Gasteiger partial charge in [0, 0.05) is 6.54 Å². The van der Waals surface area contributed by atoms with E-state index in [2.05, 4.69) is 10.6 Å². The first-order valence-corrected chi connectivity index (χ1v) is 8.35. The number of benzene rings is 1. The van der Waals surface area contributed by atoms with Gasteiger partial charge in [-0.1, -0.05) is 11.6 Å². The summed E-state index contributed by atoms with van der Waals surface area (Å²) < 4.78 is 33.2. The van der Waals surface area contributed by atoms with Crippen molar-refractivity contribution in [1.82, 2.24) is 5.32 Å². The van der Waals surface area contributed by atoms with E-state index in [1.54, 1.807) is 0 Å². The lowest BCUT2D eigenvalue weighted by atomic mass is 10.3. The van der Waals surface area contributed by atoms with E-state index >= 15 is 0 Å². The maximum atomic E-state index is 11.8. The number of primary sulfonamides is 1. The first-order valence-electron chi connectivity index (χ1n) is 6.43. The first-order chi connectivity index (χ1) is 10.4. The van der Waals surface area contributed by atoms with Crippen molar-refractivity contribution in [1.29, 1.82) is 0 Å². The molecule has 1 atom stereocenters. The van der Waals surface area contributed by atoms with E-state index < -0.39 is 16.1 Å². The largest absolute Gasteiger partial charge is 0.376 e. The van der Waals surface area contributed by atoms with Gasteiger partial charge in [-0.3, -0.25) is 0 Å². The van der Waals surface area contributed by atoms with E-state index in [1.165, 1.54) is 18.2 Å². The average molecular weight is 350 g/mol. The van der Waals surface area contributed by atoms with Crippen LogP contribution in [0.4, 0.5) is 10.5 Å². The zero-order valence-corrected chi connectivity index (χ0v) is 13.1. The molecule has 2 amide bonds. The fourth-order valence-electron chi connectivity index (χ4n) is 1.80. The molecule has 0 bridgehead atoms. The number of hydrogen-bond donors (Lipinski definition) is 3. The molecule has 4 N–H and O–H groups in total. The molecule has 0 aromatic heterocycles. The van der Waals surface area contributed by atoms with Gasteiger partial charge in [0.05, 0.1) is 41.5 Å². The van der Waals surface area contributed by atoms with Gasteiger partial charge in [-0.25, -0.2) is 18.4 Å². The van der Waals surface area contributed by atoms with Gasteiger partial charge in [-0.2, -0.15) is 0 Å². The van der Waals surface area contributed by atoms with Crippen LogP contribution in [0.2, 0.25) is 5.02 Å². The van der Waals surface area contributed by atoms with E-state index in [-0.39, 0.29) is 28.3 Å². The number of anilines is 1. The van der Waals surface area contributed by atoms with Gasteiger partial charge in [-0.15, -0.1) is 0 Å². The Labute approximate surface area is 133 Å². The number of nitrogens with one attached hydrogen (secondary N) is 2. The van der Waals surface area contributed by atoms with Crippen LogP contribution in [-0.4, -0.2) is 46.9 Å². The van der Waals surface area contributed by atoms with Crippen LogP contribution in [0.1, 0.15) is 0 Å². The zero-order chi connectivity index (χ0) is 16.2. The summed E-state index contributed by atoms with van der Waals surface area (Å²) in [6.07, 6.45) is -0.217. The van der Waals surface area contributed by atoms with Crippen molar-refractivity contribution in [3.63, 3.8) is 0 Å². The second-order valence-electron chi connectivity index (χ2n) is 4.59. The Morgan fingerprint density at radius 2 is 2.18 bits per heavy atom. The second-order valence-corrected chi connectivity index (χ2v) is 6.56. The summed E-state index contributed by atoms with van der Waals surface area (Å²) in [6.45, 7) is 1.69. The Balaban J connectivity index is 1.96. The molecule has 122 valence electrons. The molecule has 0 unspecified atom stereocenters. The van der Waals surface area contributed by atoms with Crippen LogP contribution in [0.3, 0.4) is 0 Å². The van der Waals surface area contributed by atoms with Crippen LogP contribution < -0.4 is 15.8 Å². The molecule has 0 radical (unpaired) electrons. The van der Waals surface area contributed by atoms with E-state index in [0.717, 1.165) is 0 Å². The minimum absolute atomic E-state index is 0.142. The van der Waals surface area contributed by atoms with Crippen LogP contribution in [0.25, 0.3) is 0 Å². The van der Waals surface area contributed by atoms with Crippen molar-refractivity contribution in [2.75, 3.05) is 31.7 Å². The van der Waals surface area contributed by atoms with Gasteiger partial charge in [-0.05, 0) is 18.2 Å². The SMILES string of the molecule is NS(=O)(=O)c1ccc(Cl)c(NC(=O)NC[C@@H]2COCCO2)c1. The van der Waals surface area contributed by atoms with E-state index in [0.29, 0.717) is 19.8 Å². The molecule has 10 heteroatoms. The Kier molecular flexibility index (Phi) is 5.59. The summed E-state index contributed by atoms with van der Waals surface area (Å²) in [6, 6.07) is 3.25. The van der Waals surface area contributed by atoms with Crippen molar-refractivity contribution < 1.29 is 22.7 Å². The quantitative estimate of drug-likeness (QED) is 0.732. The van der Waals surface area contributed by atoms with Crippen molar-refractivity contribution in [3.8, 4) is 0 Å². The summed E-state index contributed by atoms with van der Waals surface area (Å²) in [5.74, 6) is 0. The number of halogens is 1. The van der Waals surface area contributed by atoms with Crippen LogP contribution in [0, 0.1) is 0 Å². The minimum Gasteiger partial charge on any atom is -0.376 e. The molecular weight excluding hydrogens is 334 g/mol. The normalized spacial score (nSPS) is 18.7. The van der Waals surface area contributed by atoms with Crippen LogP contribution in [0.15, 0.2) is 23.1 Å². The van der Waals surface area contributed by atoms with Crippen LogP contribution in [0.5, 0.6) is 0 Å². The molecule has 1 fully saturated rings. The topological polar surface area (TPSA) is 120 Å². The molecule has 1 aliphatic rings. The lowest BCUT2D eigenvalue weighted by molar-refractivity contribution is -0.0852. The number of amides is 2. The summed E-state index contributed by atoms with van der Waals surface area (Å²) >= 11 is 5.92. The lowest BCUT2D eigenvalue weighted by Crippen LogP contribution is -2.41. The maximum absolute atomic E-state index is 11.8. The summed E-state index contributed by atoms with van der Waals surface area (Å²) in [5, 5.41) is 10.3. The summed E-state index contributed by atoms with van der Waals surface area (Å²) in [7, 11) is -3.87. The Morgan fingerprint density at radius 3 is 2.82 bits per heavy atom. The fraction of sp³-hybridized carbons (Fsp3) is 0.417. The maximum Gasteiger partial charge on any atom is 0.319 e. The number of urea groups is 1. The van der Waals surface area contributed by atoms with Gasteiger partial charge >= 0.3 is 6.03 Å². The highest BCUT2D eigenvalue weighted by molar-refractivity contribution is 7.89. The summed E-state index contributed by atoms with van der Waals surface area (Å²) in [4.78, 5) is 11.7. The Morgan fingerprint density at radius 1 is 1.41 bits per heavy atom. The molecule has 1 aliphatic heterocycles. The third kappa shape index (κ3) is 4.82. The van der Waals surface area contributed by atoms with Crippen LogP contribution in [-0.2, 0) is 19.5 Å². The van der Waals surface area contributed by atoms with Crippen molar-refractivity contribution in [2.24, 2.45) is 5.14 Å². The van der Waals surface area contributed by atoms with E-state index in [4.69, 9.17) is 26.2 Å². The molecule has 1 saturated heterocycles. The monoisotopic (exact) mass is 349 g/mol.